The van der Waals surface area contributed by atoms with Gasteiger partial charge in [0.15, 0.2) is 0 Å². The summed E-state index contributed by atoms with van der Waals surface area (Å²) in [4.78, 5) is 105. The van der Waals surface area contributed by atoms with Crippen molar-refractivity contribution in [2.75, 3.05) is 45.9 Å². The number of fused-ring (bicyclic) bond motifs is 5. The van der Waals surface area contributed by atoms with Gasteiger partial charge in [0.05, 0.1) is 40.3 Å². The summed E-state index contributed by atoms with van der Waals surface area (Å²) in [6, 6.07) is 0. The highest BCUT2D eigenvalue weighted by molar-refractivity contribution is 6.21. The molecule has 6 rings (SSSR count). The fourth-order valence-electron chi connectivity index (χ4n) is 9.82. The second-order valence-electron chi connectivity index (χ2n) is 18.5. The Bertz CT molecular complexity index is 2590. The van der Waals surface area contributed by atoms with Crippen LogP contribution in [0.4, 0.5) is 0 Å². The Labute approximate surface area is 411 Å². The van der Waals surface area contributed by atoms with Gasteiger partial charge in [-0.05, 0) is 87.5 Å². The van der Waals surface area contributed by atoms with E-state index >= 15 is 0 Å². The summed E-state index contributed by atoms with van der Waals surface area (Å²) in [5.74, 6) is -10.00. The van der Waals surface area contributed by atoms with Crippen molar-refractivity contribution in [1.82, 2.24) is 20.0 Å². The second kappa shape index (κ2) is 22.7. The van der Waals surface area contributed by atoms with Gasteiger partial charge in [0.25, 0.3) is 0 Å². The maximum absolute atomic E-state index is 14.4. The van der Waals surface area contributed by atoms with Gasteiger partial charge in [0, 0.05) is 59.4 Å². The summed E-state index contributed by atoms with van der Waals surface area (Å²) < 4.78 is 6.45. The van der Waals surface area contributed by atoms with Crippen LogP contribution in [0.3, 0.4) is 0 Å². The van der Waals surface area contributed by atoms with Crippen molar-refractivity contribution < 1.29 is 63.8 Å². The monoisotopic (exact) mass is 981 g/mol. The van der Waals surface area contributed by atoms with E-state index in [2.05, 4.69) is 19.2 Å². The van der Waals surface area contributed by atoms with E-state index in [1.165, 1.54) is 0 Å². The van der Waals surface area contributed by atoms with Crippen LogP contribution in [0.5, 0.6) is 0 Å². The predicted molar refractivity (Wildman–Crippen MR) is 261 cm³/mol. The van der Waals surface area contributed by atoms with Gasteiger partial charge in [-0.15, -0.1) is 0 Å². The molecular weight excluding hydrogens is 919 g/mol. The first-order valence-electron chi connectivity index (χ1n) is 23.9. The zero-order valence-corrected chi connectivity index (χ0v) is 41.3. The topological polar surface area (TPSA) is 289 Å². The summed E-state index contributed by atoms with van der Waals surface area (Å²) in [7, 11) is 0. The van der Waals surface area contributed by atoms with Gasteiger partial charge in [-0.25, -0.2) is 15.0 Å². The number of amides is 3. The van der Waals surface area contributed by atoms with E-state index in [-0.39, 0.29) is 37.0 Å². The number of carboxylic acid groups (broad SMARTS) is 4. The lowest BCUT2D eigenvalue weighted by Gasteiger charge is -2.28. The first-order valence-corrected chi connectivity index (χ1v) is 23.9. The molecule has 8 bridgehead atoms. The van der Waals surface area contributed by atoms with Crippen molar-refractivity contribution in [2.45, 2.75) is 106 Å². The van der Waals surface area contributed by atoms with Crippen LogP contribution in [-0.4, -0.2) is 151 Å². The third-order valence-corrected chi connectivity index (χ3v) is 13.6. The number of rotatable bonds is 23. The number of carbonyl (C=O) groups is 7. The summed E-state index contributed by atoms with van der Waals surface area (Å²) >= 11 is 0. The minimum Gasteiger partial charge on any atom is -0.511 e. The van der Waals surface area contributed by atoms with Crippen LogP contribution < -0.4 is 5.32 Å². The average Bonchev–Trinajstić information content (AvgIpc) is 4.05. The Morgan fingerprint density at radius 2 is 1.28 bits per heavy atom. The van der Waals surface area contributed by atoms with E-state index in [0.29, 0.717) is 62.5 Å². The van der Waals surface area contributed by atoms with Crippen molar-refractivity contribution in [3.8, 4) is 0 Å². The minimum absolute atomic E-state index is 0.0679. The molecular formula is C51H63N7O13. The third-order valence-electron chi connectivity index (χ3n) is 13.6. The average molecular weight is 982 g/mol. The summed E-state index contributed by atoms with van der Waals surface area (Å²) in [6.45, 7) is 8.59. The van der Waals surface area contributed by atoms with Crippen molar-refractivity contribution in [3.63, 3.8) is 0 Å². The molecule has 0 saturated carbocycles. The van der Waals surface area contributed by atoms with E-state index in [1.807, 2.05) is 52.8 Å². The van der Waals surface area contributed by atoms with Crippen LogP contribution in [0.25, 0.3) is 0 Å². The van der Waals surface area contributed by atoms with Gasteiger partial charge in [0.2, 0.25) is 17.7 Å². The molecule has 5 heterocycles. The molecule has 6 aliphatic rings. The standard InChI is InChI=1S/C51H63N7O13/c1-8-10-11-12-15-71-30(7)48-28(5)36-17-35-27(4)32(13-14-41(60)56(20-42(61)57(22-44(63)64)23-45(65)66)21-43(62)58(24-46(67)68)25-47(69)70)50(54-35)33-16-40(59)49-29(6)37(55-51(33)49)18-38-31(9-2)26(3)34(52-38)19-39(48)53-36/h17-19,27,30,32,54,59H,8-16,20-25H2,1-7H3,(H,63,64)(H,65,66)(H,67,68)(H,69,70)/t27-,30?,32-/m0/s1. The SMILES string of the molecule is CCCCCCOC(C)C1=C(C)C2=NC1=CC1=NC(=CC3=C(C)C4=C(O)CC(=C5NC(=C2)[C@@H](C)[C@@H]5CCC(=O)N(CC(=O)N(CC(=O)O)CC(=O)O)CC(=O)N(CC(=O)O)CC(=O)O)C4=N3)C(CC)=C1C. The normalized spacial score (nSPS) is 19.5. The number of carboxylic acids is 4. The van der Waals surface area contributed by atoms with Gasteiger partial charge in [-0.3, -0.25) is 33.6 Å². The molecule has 3 amide bonds. The Morgan fingerprint density at radius 1 is 0.718 bits per heavy atom. The van der Waals surface area contributed by atoms with Gasteiger partial charge in [-0.2, -0.15) is 0 Å². The highest BCUT2D eigenvalue weighted by Crippen LogP contribution is 2.46. The number of hydrogen-bond donors (Lipinski definition) is 6. The molecule has 0 aromatic rings. The zero-order chi connectivity index (χ0) is 52.0. The molecule has 6 N–H and O–H groups in total. The lowest BCUT2D eigenvalue weighted by Crippen LogP contribution is -2.50. The van der Waals surface area contributed by atoms with Crippen LogP contribution in [0.1, 0.15) is 99.8 Å². The molecule has 20 nitrogen and oxygen atoms in total. The van der Waals surface area contributed by atoms with E-state index in [4.69, 9.17) is 19.7 Å². The van der Waals surface area contributed by atoms with Crippen LogP contribution in [0, 0.1) is 11.8 Å². The Balaban J connectivity index is 1.42. The molecule has 1 fully saturated rings. The van der Waals surface area contributed by atoms with E-state index in [9.17, 15) is 59.1 Å². The van der Waals surface area contributed by atoms with E-state index in [1.54, 1.807) is 0 Å². The Hall–Kier alpha value is -7.22. The molecule has 1 saturated heterocycles. The van der Waals surface area contributed by atoms with Crippen LogP contribution >= 0.6 is 0 Å². The number of allylic oxidation sites excluding steroid dienone is 11. The van der Waals surface area contributed by atoms with E-state index in [0.717, 1.165) is 75.6 Å². The minimum atomic E-state index is -1.55. The number of aliphatic hydroxyl groups is 1. The fraction of sp³-hybridized carbons (Fsp3) is 0.490. The lowest BCUT2D eigenvalue weighted by molar-refractivity contribution is -0.153. The van der Waals surface area contributed by atoms with Crippen molar-refractivity contribution in [2.24, 2.45) is 26.8 Å². The number of aliphatic carboxylic acids is 4. The third kappa shape index (κ3) is 12.0. The Morgan fingerprint density at radius 3 is 1.85 bits per heavy atom. The predicted octanol–water partition coefficient (Wildman–Crippen LogP) is 5.25. The number of hydrogen-bond acceptors (Lipinski definition) is 13. The maximum atomic E-state index is 14.4. The molecule has 0 aromatic heterocycles. The number of aliphatic hydroxyl groups excluding tert-OH is 1. The van der Waals surface area contributed by atoms with Gasteiger partial charge < -0.3 is 50.3 Å². The molecule has 1 aliphatic carbocycles. The van der Waals surface area contributed by atoms with Gasteiger partial charge in [-0.1, -0.05) is 40.0 Å². The van der Waals surface area contributed by atoms with Crippen LogP contribution in [-0.2, 0) is 38.3 Å². The van der Waals surface area contributed by atoms with Crippen molar-refractivity contribution >= 4 is 58.7 Å². The summed E-state index contributed by atoms with van der Waals surface area (Å²) in [5.41, 5.74) is 11.4. The number of nitrogens with one attached hydrogen (secondary N) is 1. The Kier molecular flexibility index (Phi) is 17.0. The number of aliphatic imine (C=N–C) groups is 3. The lowest BCUT2D eigenvalue weighted by atomic mass is 9.86. The molecule has 20 heteroatoms. The summed E-state index contributed by atoms with van der Waals surface area (Å²) in [6.07, 6.45) is 10.3. The van der Waals surface area contributed by atoms with E-state index < -0.39 is 86.8 Å². The van der Waals surface area contributed by atoms with Gasteiger partial charge >= 0.3 is 23.9 Å². The molecule has 0 radical (unpaired) electrons. The molecule has 0 spiro atoms. The van der Waals surface area contributed by atoms with Crippen LogP contribution in [0.15, 0.2) is 106 Å². The summed E-state index contributed by atoms with van der Waals surface area (Å²) in [5, 5.41) is 53.0. The molecule has 1 unspecified atom stereocenters. The first kappa shape index (κ1) is 53.1. The van der Waals surface area contributed by atoms with Crippen molar-refractivity contribution in [3.05, 3.63) is 91.5 Å². The number of ether oxygens (including phenoxy) is 1. The largest absolute Gasteiger partial charge is 0.511 e. The smallest absolute Gasteiger partial charge is 0.323 e. The highest BCUT2D eigenvalue weighted by Gasteiger charge is 2.42. The molecule has 71 heavy (non-hydrogen) atoms. The molecule has 3 atom stereocenters. The number of unbranched alkanes of at least 4 members (excludes halogenated alkanes) is 3. The van der Waals surface area contributed by atoms with Gasteiger partial charge in [0.1, 0.15) is 45.0 Å². The highest BCUT2D eigenvalue weighted by atomic mass is 16.5. The fourth-order valence-corrected chi connectivity index (χ4v) is 9.82. The number of nitrogens with zero attached hydrogens (tertiary/aromatic N) is 6. The maximum Gasteiger partial charge on any atom is 0.323 e. The first-order chi connectivity index (χ1) is 33.6. The molecule has 0 aromatic carbocycles. The molecule has 5 aliphatic heterocycles. The quantitative estimate of drug-likeness (QED) is 0.0714. The van der Waals surface area contributed by atoms with Crippen LogP contribution in [0.2, 0.25) is 0 Å². The number of carbonyl (C=O) groups excluding carboxylic acids is 3. The second-order valence-corrected chi connectivity index (χ2v) is 18.5. The van der Waals surface area contributed by atoms with Crippen molar-refractivity contribution in [1.29, 1.82) is 0 Å². The zero-order valence-electron chi connectivity index (χ0n) is 41.3. The molecule has 380 valence electrons.